The fourth-order valence-corrected chi connectivity index (χ4v) is 8.05. The maximum absolute atomic E-state index is 6.63. The summed E-state index contributed by atoms with van der Waals surface area (Å²) in [5.74, 6) is 2.48. The van der Waals surface area contributed by atoms with Gasteiger partial charge in [0.2, 0.25) is 0 Å². The van der Waals surface area contributed by atoms with Crippen molar-refractivity contribution in [2.24, 2.45) is 0 Å². The molecular formula is C40H32N4OS. The number of pyridine rings is 1. The Balaban J connectivity index is 1.17. The van der Waals surface area contributed by atoms with Gasteiger partial charge in [-0.3, -0.25) is 4.57 Å². The van der Waals surface area contributed by atoms with Gasteiger partial charge in [-0.05, 0) is 81.4 Å². The van der Waals surface area contributed by atoms with Crippen LogP contribution in [0, 0.1) is 0 Å². The standard InChI is InChI=1S/C40H32N4OS/c1-40(2,3)43-25-42(32-14-5-6-15-33(32)43)26-11-10-12-27(23-26)45-28-18-19-29-30-20-21-36-38(31-13-4-7-16-35(31)46-36)39(30)44(34(29)24-28)37-17-8-9-22-41-37/h4-24H,25H2,1-3H3. The lowest BCUT2D eigenvalue weighted by Gasteiger charge is -2.34. The fourth-order valence-electron chi connectivity index (χ4n) is 6.94. The zero-order valence-electron chi connectivity index (χ0n) is 25.9. The van der Waals surface area contributed by atoms with E-state index in [-0.39, 0.29) is 5.54 Å². The van der Waals surface area contributed by atoms with Crippen LogP contribution in [0.15, 0.2) is 128 Å². The number of nitrogens with zero attached hydrogens (tertiary/aromatic N) is 4. The second-order valence-corrected chi connectivity index (χ2v) is 14.0. The molecule has 224 valence electrons. The van der Waals surface area contributed by atoms with E-state index in [0.717, 1.165) is 35.2 Å². The number of ether oxygens (including phenoxy) is 1. The highest BCUT2D eigenvalue weighted by atomic mass is 32.1. The summed E-state index contributed by atoms with van der Waals surface area (Å²) in [7, 11) is 0. The van der Waals surface area contributed by atoms with Gasteiger partial charge in [0.05, 0.1) is 29.1 Å². The molecule has 0 bridgehead atoms. The first-order chi connectivity index (χ1) is 22.4. The number of thiophene rings is 1. The number of fused-ring (bicyclic) bond motifs is 8. The lowest BCUT2D eigenvalue weighted by atomic mass is 10.1. The van der Waals surface area contributed by atoms with E-state index in [4.69, 9.17) is 9.72 Å². The molecule has 6 heteroatoms. The van der Waals surface area contributed by atoms with Crippen LogP contribution in [0.2, 0.25) is 0 Å². The summed E-state index contributed by atoms with van der Waals surface area (Å²) in [4.78, 5) is 9.64. The number of para-hydroxylation sites is 2. The van der Waals surface area contributed by atoms with Crippen LogP contribution in [0.3, 0.4) is 0 Å². The van der Waals surface area contributed by atoms with Crippen LogP contribution >= 0.6 is 11.3 Å². The van der Waals surface area contributed by atoms with Gasteiger partial charge in [-0.1, -0.05) is 48.5 Å². The average Bonchev–Trinajstić information content (AvgIpc) is 3.75. The van der Waals surface area contributed by atoms with Crippen LogP contribution in [0.1, 0.15) is 20.8 Å². The van der Waals surface area contributed by atoms with Crippen molar-refractivity contribution >= 4 is 70.4 Å². The molecule has 46 heavy (non-hydrogen) atoms. The summed E-state index contributed by atoms with van der Waals surface area (Å²) in [5.41, 5.74) is 5.82. The molecule has 0 radical (unpaired) electrons. The third-order valence-electron chi connectivity index (χ3n) is 9.04. The monoisotopic (exact) mass is 616 g/mol. The van der Waals surface area contributed by atoms with E-state index < -0.39 is 0 Å². The van der Waals surface area contributed by atoms with E-state index in [1.54, 1.807) is 0 Å². The minimum atomic E-state index is 0.00132. The highest BCUT2D eigenvalue weighted by molar-refractivity contribution is 7.26. The third kappa shape index (κ3) is 4.17. The maximum Gasteiger partial charge on any atom is 0.137 e. The highest BCUT2D eigenvalue weighted by Crippen LogP contribution is 2.46. The zero-order chi connectivity index (χ0) is 31.0. The van der Waals surface area contributed by atoms with E-state index in [2.05, 4.69) is 144 Å². The van der Waals surface area contributed by atoms with Crippen LogP contribution in [0.4, 0.5) is 17.1 Å². The van der Waals surface area contributed by atoms with Gasteiger partial charge in [-0.25, -0.2) is 4.98 Å². The molecule has 1 aliphatic rings. The van der Waals surface area contributed by atoms with E-state index in [0.29, 0.717) is 0 Å². The molecule has 0 atom stereocenters. The van der Waals surface area contributed by atoms with E-state index in [1.807, 2.05) is 29.7 Å². The molecular weight excluding hydrogens is 585 g/mol. The first-order valence-corrected chi connectivity index (χ1v) is 16.5. The van der Waals surface area contributed by atoms with E-state index in [1.165, 1.54) is 47.8 Å². The highest BCUT2D eigenvalue weighted by Gasteiger charge is 2.33. The normalized spacial score (nSPS) is 13.4. The maximum atomic E-state index is 6.63. The zero-order valence-corrected chi connectivity index (χ0v) is 26.8. The van der Waals surface area contributed by atoms with Gasteiger partial charge in [0.15, 0.2) is 0 Å². The lowest BCUT2D eigenvalue weighted by molar-refractivity contribution is 0.483. The van der Waals surface area contributed by atoms with Crippen molar-refractivity contribution in [1.29, 1.82) is 0 Å². The van der Waals surface area contributed by atoms with Crippen LogP contribution in [-0.4, -0.2) is 21.8 Å². The third-order valence-corrected chi connectivity index (χ3v) is 10.2. The average molecular weight is 617 g/mol. The van der Waals surface area contributed by atoms with Gasteiger partial charge < -0.3 is 14.5 Å². The Hall–Kier alpha value is -5.33. The molecule has 9 rings (SSSR count). The van der Waals surface area contributed by atoms with Crippen molar-refractivity contribution in [3.63, 3.8) is 0 Å². The number of aromatic nitrogens is 2. The minimum absolute atomic E-state index is 0.00132. The van der Waals surface area contributed by atoms with Crippen molar-refractivity contribution in [2.75, 3.05) is 16.5 Å². The lowest BCUT2D eigenvalue weighted by Crippen LogP contribution is -2.42. The number of hydrogen-bond acceptors (Lipinski definition) is 5. The minimum Gasteiger partial charge on any atom is -0.457 e. The van der Waals surface area contributed by atoms with Crippen LogP contribution < -0.4 is 14.5 Å². The second-order valence-electron chi connectivity index (χ2n) is 12.9. The molecule has 5 nitrogen and oxygen atoms in total. The van der Waals surface area contributed by atoms with Gasteiger partial charge >= 0.3 is 0 Å². The van der Waals surface area contributed by atoms with Crippen molar-refractivity contribution in [1.82, 2.24) is 9.55 Å². The molecule has 3 aromatic heterocycles. The second kappa shape index (κ2) is 10.1. The number of anilines is 3. The summed E-state index contributed by atoms with van der Waals surface area (Å²) in [6.45, 7) is 7.57. The predicted molar refractivity (Wildman–Crippen MR) is 194 cm³/mol. The first-order valence-electron chi connectivity index (χ1n) is 15.7. The Labute approximate surface area is 271 Å². The van der Waals surface area contributed by atoms with Gasteiger partial charge in [0.1, 0.15) is 17.3 Å². The number of benzene rings is 5. The predicted octanol–water partition coefficient (Wildman–Crippen LogP) is 11.1. The van der Waals surface area contributed by atoms with Gasteiger partial charge in [0.25, 0.3) is 0 Å². The van der Waals surface area contributed by atoms with Crippen molar-refractivity contribution in [3.05, 3.63) is 128 Å². The largest absolute Gasteiger partial charge is 0.457 e. The SMILES string of the molecule is CC(C)(C)N1CN(c2cccc(Oc3ccc4c5ccc6sc7ccccc7c6c5n(-c5ccccn5)c4c3)c2)c2ccccc21. The molecule has 0 saturated heterocycles. The van der Waals surface area contributed by atoms with Gasteiger partial charge in [0, 0.05) is 60.5 Å². The molecule has 0 fully saturated rings. The Morgan fingerprint density at radius 3 is 2.30 bits per heavy atom. The van der Waals surface area contributed by atoms with E-state index >= 15 is 0 Å². The molecule has 5 aromatic carbocycles. The molecule has 0 saturated carbocycles. The molecule has 1 aliphatic heterocycles. The number of rotatable bonds is 4. The first kappa shape index (κ1) is 27.0. The molecule has 0 amide bonds. The molecule has 4 heterocycles. The molecule has 0 aliphatic carbocycles. The fraction of sp³-hybridized carbons (Fsp3) is 0.125. The Morgan fingerprint density at radius 1 is 0.674 bits per heavy atom. The summed E-state index contributed by atoms with van der Waals surface area (Å²) < 4.78 is 11.5. The summed E-state index contributed by atoms with van der Waals surface area (Å²) in [6, 6.07) is 42.8. The Kier molecular flexibility index (Phi) is 5.93. The molecule has 8 aromatic rings. The topological polar surface area (TPSA) is 33.5 Å². The van der Waals surface area contributed by atoms with Crippen LogP contribution in [0.5, 0.6) is 11.5 Å². The van der Waals surface area contributed by atoms with Gasteiger partial charge in [-0.2, -0.15) is 0 Å². The van der Waals surface area contributed by atoms with Crippen molar-refractivity contribution in [2.45, 2.75) is 26.3 Å². The van der Waals surface area contributed by atoms with Crippen molar-refractivity contribution in [3.8, 4) is 17.3 Å². The summed E-state index contributed by atoms with van der Waals surface area (Å²) >= 11 is 1.84. The van der Waals surface area contributed by atoms with Gasteiger partial charge in [-0.15, -0.1) is 11.3 Å². The smallest absolute Gasteiger partial charge is 0.137 e. The molecule has 0 spiro atoms. The van der Waals surface area contributed by atoms with E-state index in [9.17, 15) is 0 Å². The Bertz CT molecular complexity index is 2440. The van der Waals surface area contributed by atoms with Crippen LogP contribution in [-0.2, 0) is 0 Å². The molecule has 0 unspecified atom stereocenters. The Morgan fingerprint density at radius 2 is 1.46 bits per heavy atom. The van der Waals surface area contributed by atoms with Crippen LogP contribution in [0.25, 0.3) is 47.8 Å². The number of hydrogen-bond donors (Lipinski definition) is 0. The van der Waals surface area contributed by atoms with Crippen molar-refractivity contribution < 1.29 is 4.74 Å². The quantitative estimate of drug-likeness (QED) is 0.197. The molecule has 0 N–H and O–H groups in total. The summed E-state index contributed by atoms with van der Waals surface area (Å²) in [6.07, 6.45) is 1.86. The summed E-state index contributed by atoms with van der Waals surface area (Å²) in [5, 5.41) is 4.93.